The number of nitrogens with one attached hydrogen (secondary N) is 1. The fourth-order valence-electron chi connectivity index (χ4n) is 2.77. The van der Waals surface area contributed by atoms with Gasteiger partial charge in [0.1, 0.15) is 6.33 Å². The van der Waals surface area contributed by atoms with Crippen LogP contribution in [0, 0.1) is 0 Å². The molecule has 1 fully saturated rings. The Morgan fingerprint density at radius 3 is 2.32 bits per heavy atom. The molecule has 0 aliphatic carbocycles. The van der Waals surface area contributed by atoms with E-state index in [1.807, 2.05) is 30.3 Å². The number of hydrogen-bond donors (Lipinski definition) is 1. The molecule has 0 radical (unpaired) electrons. The van der Waals surface area contributed by atoms with E-state index in [0.29, 0.717) is 25.1 Å². The molecule has 1 N–H and O–H groups in total. The van der Waals surface area contributed by atoms with Gasteiger partial charge < -0.3 is 15.0 Å². The number of nitrogens with zero attached hydrogens (tertiary/aromatic N) is 4. The summed E-state index contributed by atoms with van der Waals surface area (Å²) < 4.78 is 5.37. The third-order valence-electron chi connectivity index (χ3n) is 4.10. The maximum absolute atomic E-state index is 5.37. The molecule has 0 unspecified atom stereocenters. The highest BCUT2D eigenvalue weighted by Gasteiger charge is 2.14. The van der Waals surface area contributed by atoms with Crippen molar-refractivity contribution in [1.82, 2.24) is 15.0 Å². The SMILES string of the molecule is c1ccc(-c2ccc(Nc3ncnc(N4CCOCC4)n3)cc2)cc1. The zero-order valence-electron chi connectivity index (χ0n) is 13.8. The Balaban J connectivity index is 1.48. The van der Waals surface area contributed by atoms with Crippen molar-refractivity contribution in [3.8, 4) is 11.1 Å². The van der Waals surface area contributed by atoms with E-state index in [0.717, 1.165) is 18.8 Å². The molecule has 6 heteroatoms. The van der Waals surface area contributed by atoms with Gasteiger partial charge in [0.05, 0.1) is 13.2 Å². The van der Waals surface area contributed by atoms with Gasteiger partial charge in [-0.1, -0.05) is 42.5 Å². The minimum absolute atomic E-state index is 0.545. The number of ether oxygens (including phenoxy) is 1. The Bertz CT molecular complexity index is 817. The van der Waals surface area contributed by atoms with Crippen LogP contribution in [0.25, 0.3) is 11.1 Å². The second-order valence-corrected chi connectivity index (χ2v) is 5.78. The number of rotatable bonds is 4. The standard InChI is InChI=1S/C19H19N5O/c1-2-4-15(5-3-1)16-6-8-17(9-7-16)22-18-20-14-21-19(23-18)24-10-12-25-13-11-24/h1-9,14H,10-13H2,(H,20,21,22,23). The molecule has 1 aliphatic rings. The summed E-state index contributed by atoms with van der Waals surface area (Å²) in [5, 5.41) is 3.24. The summed E-state index contributed by atoms with van der Waals surface area (Å²) in [5.41, 5.74) is 3.32. The highest BCUT2D eigenvalue weighted by atomic mass is 16.5. The van der Waals surface area contributed by atoms with E-state index >= 15 is 0 Å². The number of anilines is 3. The molecule has 1 aliphatic heterocycles. The lowest BCUT2D eigenvalue weighted by Gasteiger charge is -2.26. The molecule has 3 aromatic rings. The van der Waals surface area contributed by atoms with Crippen LogP contribution in [0.15, 0.2) is 60.9 Å². The lowest BCUT2D eigenvalue weighted by atomic mass is 10.1. The molecule has 126 valence electrons. The van der Waals surface area contributed by atoms with Crippen LogP contribution < -0.4 is 10.2 Å². The maximum atomic E-state index is 5.37. The highest BCUT2D eigenvalue weighted by Crippen LogP contribution is 2.22. The van der Waals surface area contributed by atoms with Crippen LogP contribution in [0.4, 0.5) is 17.6 Å². The first-order chi connectivity index (χ1) is 12.4. The van der Waals surface area contributed by atoms with E-state index in [1.165, 1.54) is 11.1 Å². The minimum Gasteiger partial charge on any atom is -0.378 e. The Morgan fingerprint density at radius 2 is 1.56 bits per heavy atom. The van der Waals surface area contributed by atoms with Crippen molar-refractivity contribution in [1.29, 1.82) is 0 Å². The highest BCUT2D eigenvalue weighted by molar-refractivity contribution is 5.67. The molecular weight excluding hydrogens is 314 g/mol. The molecule has 1 saturated heterocycles. The zero-order valence-corrected chi connectivity index (χ0v) is 13.8. The number of benzene rings is 2. The second-order valence-electron chi connectivity index (χ2n) is 5.78. The summed E-state index contributed by atoms with van der Waals surface area (Å²) in [4.78, 5) is 15.1. The van der Waals surface area contributed by atoms with Gasteiger partial charge in [-0.2, -0.15) is 4.98 Å². The van der Waals surface area contributed by atoms with E-state index < -0.39 is 0 Å². The fraction of sp³-hybridized carbons (Fsp3) is 0.211. The van der Waals surface area contributed by atoms with Crippen molar-refractivity contribution in [3.05, 3.63) is 60.9 Å². The van der Waals surface area contributed by atoms with Crippen LogP contribution in [-0.2, 0) is 4.74 Å². The molecule has 2 aromatic carbocycles. The van der Waals surface area contributed by atoms with Gasteiger partial charge in [0.15, 0.2) is 0 Å². The molecule has 1 aromatic heterocycles. The Morgan fingerprint density at radius 1 is 0.840 bits per heavy atom. The van der Waals surface area contributed by atoms with E-state index in [4.69, 9.17) is 4.74 Å². The summed E-state index contributed by atoms with van der Waals surface area (Å²) >= 11 is 0. The lowest BCUT2D eigenvalue weighted by Crippen LogP contribution is -2.37. The first-order valence-electron chi connectivity index (χ1n) is 8.33. The topological polar surface area (TPSA) is 63.2 Å². The van der Waals surface area contributed by atoms with Crippen molar-refractivity contribution in [2.24, 2.45) is 0 Å². The van der Waals surface area contributed by atoms with Crippen molar-refractivity contribution >= 4 is 17.6 Å². The maximum Gasteiger partial charge on any atom is 0.231 e. The van der Waals surface area contributed by atoms with Crippen molar-refractivity contribution in [2.45, 2.75) is 0 Å². The quantitative estimate of drug-likeness (QED) is 0.791. The molecule has 0 spiro atoms. The Kier molecular flexibility index (Phi) is 4.52. The molecule has 0 atom stereocenters. The molecule has 25 heavy (non-hydrogen) atoms. The van der Waals surface area contributed by atoms with Gasteiger partial charge >= 0.3 is 0 Å². The normalized spacial score (nSPS) is 14.3. The van der Waals surface area contributed by atoms with Gasteiger partial charge in [-0.15, -0.1) is 0 Å². The lowest BCUT2D eigenvalue weighted by molar-refractivity contribution is 0.122. The van der Waals surface area contributed by atoms with E-state index in [-0.39, 0.29) is 0 Å². The van der Waals surface area contributed by atoms with Crippen LogP contribution in [0.2, 0.25) is 0 Å². The third-order valence-corrected chi connectivity index (χ3v) is 4.10. The summed E-state index contributed by atoms with van der Waals surface area (Å²) in [6, 6.07) is 18.5. The minimum atomic E-state index is 0.545. The fourth-order valence-corrected chi connectivity index (χ4v) is 2.77. The zero-order chi connectivity index (χ0) is 16.9. The average Bonchev–Trinajstić information content (AvgIpc) is 2.70. The first kappa shape index (κ1) is 15.5. The molecule has 2 heterocycles. The molecule has 0 amide bonds. The molecule has 0 bridgehead atoms. The van der Waals surface area contributed by atoms with Gasteiger partial charge in [0.25, 0.3) is 0 Å². The average molecular weight is 333 g/mol. The number of morpholine rings is 1. The molecule has 0 saturated carbocycles. The largest absolute Gasteiger partial charge is 0.378 e. The summed E-state index contributed by atoms with van der Waals surface area (Å²) in [5.74, 6) is 1.23. The summed E-state index contributed by atoms with van der Waals surface area (Å²) in [6.07, 6.45) is 1.54. The van der Waals surface area contributed by atoms with E-state index in [1.54, 1.807) is 6.33 Å². The van der Waals surface area contributed by atoms with Crippen LogP contribution in [0.5, 0.6) is 0 Å². The van der Waals surface area contributed by atoms with Gasteiger partial charge in [-0.3, -0.25) is 0 Å². The van der Waals surface area contributed by atoms with Crippen molar-refractivity contribution in [3.63, 3.8) is 0 Å². The van der Waals surface area contributed by atoms with Crippen LogP contribution in [-0.4, -0.2) is 41.3 Å². The van der Waals surface area contributed by atoms with Crippen LogP contribution >= 0.6 is 0 Å². The second kappa shape index (κ2) is 7.27. The van der Waals surface area contributed by atoms with Gasteiger partial charge in [-0.05, 0) is 23.3 Å². The first-order valence-corrected chi connectivity index (χ1v) is 8.33. The third kappa shape index (κ3) is 3.75. The smallest absolute Gasteiger partial charge is 0.231 e. The van der Waals surface area contributed by atoms with Gasteiger partial charge in [-0.25, -0.2) is 9.97 Å². The number of aromatic nitrogens is 3. The Labute approximate surface area is 146 Å². The Hall–Kier alpha value is -2.99. The van der Waals surface area contributed by atoms with E-state index in [2.05, 4.69) is 49.4 Å². The van der Waals surface area contributed by atoms with Crippen LogP contribution in [0.1, 0.15) is 0 Å². The van der Waals surface area contributed by atoms with E-state index in [9.17, 15) is 0 Å². The van der Waals surface area contributed by atoms with Crippen LogP contribution in [0.3, 0.4) is 0 Å². The van der Waals surface area contributed by atoms with Crippen molar-refractivity contribution < 1.29 is 4.74 Å². The molecular formula is C19H19N5O. The monoisotopic (exact) mass is 333 g/mol. The van der Waals surface area contributed by atoms with Gasteiger partial charge in [0, 0.05) is 18.8 Å². The summed E-state index contributed by atoms with van der Waals surface area (Å²) in [6.45, 7) is 3.01. The molecule has 4 rings (SSSR count). The predicted molar refractivity (Wildman–Crippen MR) is 98.0 cm³/mol. The molecule has 6 nitrogen and oxygen atoms in total. The summed E-state index contributed by atoms with van der Waals surface area (Å²) in [7, 11) is 0. The predicted octanol–water partition coefficient (Wildman–Crippen LogP) is 3.12. The number of hydrogen-bond acceptors (Lipinski definition) is 6. The van der Waals surface area contributed by atoms with Crippen molar-refractivity contribution in [2.75, 3.05) is 36.5 Å². The van der Waals surface area contributed by atoms with Gasteiger partial charge in [0.2, 0.25) is 11.9 Å².